The van der Waals surface area contributed by atoms with Crippen LogP contribution >= 0.6 is 0 Å². The molecular formula is C10H20O2Si. The summed E-state index contributed by atoms with van der Waals surface area (Å²) >= 11 is 0. The summed E-state index contributed by atoms with van der Waals surface area (Å²) in [5.74, 6) is 0. The quantitative estimate of drug-likeness (QED) is 0.372. The van der Waals surface area contributed by atoms with Gasteiger partial charge in [0.05, 0.1) is 18.8 Å². The van der Waals surface area contributed by atoms with Crippen LogP contribution in [0.3, 0.4) is 0 Å². The molecule has 0 heterocycles. The van der Waals surface area contributed by atoms with E-state index in [0.717, 1.165) is 6.04 Å². The topological polar surface area (TPSA) is 18.5 Å². The third-order valence-corrected chi connectivity index (χ3v) is 2.35. The molecule has 0 N–H and O–H groups in total. The van der Waals surface area contributed by atoms with E-state index >= 15 is 0 Å². The zero-order valence-electron chi connectivity index (χ0n) is 9.14. The molecule has 0 rings (SSSR count). The van der Waals surface area contributed by atoms with Crippen LogP contribution in [0.25, 0.3) is 0 Å². The molecule has 0 saturated heterocycles. The van der Waals surface area contributed by atoms with Gasteiger partial charge in [-0.25, -0.2) is 0 Å². The Hall–Kier alpha value is -0.123. The van der Waals surface area contributed by atoms with Gasteiger partial charge in [0.1, 0.15) is 0 Å². The summed E-state index contributed by atoms with van der Waals surface area (Å²) in [6.45, 7) is 13.3. The highest BCUT2D eigenvalue weighted by atomic mass is 28.2. The van der Waals surface area contributed by atoms with Gasteiger partial charge in [-0.15, -0.1) is 6.58 Å². The minimum Gasteiger partial charge on any atom is -0.415 e. The van der Waals surface area contributed by atoms with E-state index < -0.39 is 0 Å². The van der Waals surface area contributed by atoms with Crippen molar-refractivity contribution in [1.29, 1.82) is 0 Å². The lowest BCUT2D eigenvalue weighted by Crippen LogP contribution is -2.22. The predicted molar refractivity (Wildman–Crippen MR) is 57.0 cm³/mol. The Kier molecular flexibility index (Phi) is 6.29. The molecule has 76 valence electrons. The average molecular weight is 200 g/mol. The summed E-state index contributed by atoms with van der Waals surface area (Å²) in [5.41, 5.74) is 1.12. The van der Waals surface area contributed by atoms with Crippen molar-refractivity contribution in [1.82, 2.24) is 0 Å². The lowest BCUT2D eigenvalue weighted by molar-refractivity contribution is -0.0160. The fraction of sp³-hybridized carbons (Fsp3) is 0.800. The molecule has 0 aromatic heterocycles. The first-order chi connectivity index (χ1) is 5.92. The number of rotatable bonds is 6. The highest BCUT2D eigenvalue weighted by Crippen LogP contribution is 2.05. The number of hydrogen-bond acceptors (Lipinski definition) is 2. The van der Waals surface area contributed by atoms with Crippen LogP contribution in [-0.2, 0) is 9.16 Å². The monoisotopic (exact) mass is 200 g/mol. The zero-order valence-corrected chi connectivity index (χ0v) is 10.1. The normalized spacial score (nSPS) is 11.7. The van der Waals surface area contributed by atoms with Crippen LogP contribution in [0.15, 0.2) is 12.2 Å². The standard InChI is InChI=1S/C10H20O2Si/c1-9(2)8-13-12-7-6-11-10(3,4)5/h1,6-8H2,2-5H3. The van der Waals surface area contributed by atoms with Crippen molar-refractivity contribution >= 4 is 9.76 Å². The third kappa shape index (κ3) is 11.9. The summed E-state index contributed by atoms with van der Waals surface area (Å²) in [7, 11) is 0.526. The second-order valence-corrected chi connectivity index (χ2v) is 5.02. The van der Waals surface area contributed by atoms with Gasteiger partial charge in [0.25, 0.3) is 0 Å². The third-order valence-electron chi connectivity index (χ3n) is 1.20. The SMILES string of the molecule is C=C(C)C[Si]OCCOC(C)(C)C. The van der Waals surface area contributed by atoms with E-state index in [4.69, 9.17) is 9.16 Å². The number of hydrogen-bond donors (Lipinski definition) is 0. The maximum atomic E-state index is 5.49. The van der Waals surface area contributed by atoms with Gasteiger partial charge in [-0.2, -0.15) is 0 Å². The van der Waals surface area contributed by atoms with Crippen LogP contribution in [0.4, 0.5) is 0 Å². The predicted octanol–water partition coefficient (Wildman–Crippen LogP) is 2.43. The van der Waals surface area contributed by atoms with Gasteiger partial charge >= 0.3 is 0 Å². The maximum absolute atomic E-state index is 5.49. The van der Waals surface area contributed by atoms with Crippen molar-refractivity contribution in [3.05, 3.63) is 12.2 Å². The smallest absolute Gasteiger partial charge is 0.234 e. The first kappa shape index (κ1) is 12.9. The fourth-order valence-corrected chi connectivity index (χ4v) is 1.21. The van der Waals surface area contributed by atoms with Gasteiger partial charge in [-0.3, -0.25) is 0 Å². The minimum atomic E-state index is -0.0547. The molecule has 0 amide bonds. The molecule has 3 heteroatoms. The molecule has 2 nitrogen and oxygen atoms in total. The van der Waals surface area contributed by atoms with Crippen molar-refractivity contribution in [2.24, 2.45) is 0 Å². The molecule has 13 heavy (non-hydrogen) atoms. The van der Waals surface area contributed by atoms with E-state index in [-0.39, 0.29) is 5.60 Å². The fourth-order valence-electron chi connectivity index (χ4n) is 0.636. The largest absolute Gasteiger partial charge is 0.415 e. The molecule has 0 aliphatic rings. The summed E-state index contributed by atoms with van der Waals surface area (Å²) in [4.78, 5) is 0. The molecule has 2 radical (unpaired) electrons. The lowest BCUT2D eigenvalue weighted by Gasteiger charge is -2.19. The summed E-state index contributed by atoms with van der Waals surface area (Å²) in [5, 5.41) is 0. The van der Waals surface area contributed by atoms with Gasteiger partial charge < -0.3 is 9.16 Å². The molecule has 0 atom stereocenters. The minimum absolute atomic E-state index is 0.0547. The van der Waals surface area contributed by atoms with Gasteiger partial charge in [0.2, 0.25) is 9.76 Å². The Bertz CT molecular complexity index is 149. The molecule has 0 fully saturated rings. The first-order valence-electron chi connectivity index (χ1n) is 4.55. The van der Waals surface area contributed by atoms with Crippen LogP contribution in [-0.4, -0.2) is 28.6 Å². The maximum Gasteiger partial charge on any atom is 0.234 e. The van der Waals surface area contributed by atoms with Crippen LogP contribution < -0.4 is 0 Å². The Labute approximate surface area is 84.3 Å². The number of allylic oxidation sites excluding steroid dienone is 1. The lowest BCUT2D eigenvalue weighted by atomic mass is 10.2. The van der Waals surface area contributed by atoms with Crippen molar-refractivity contribution in [3.8, 4) is 0 Å². The first-order valence-corrected chi connectivity index (χ1v) is 5.66. The molecule has 0 bridgehead atoms. The van der Waals surface area contributed by atoms with Crippen LogP contribution in [0.1, 0.15) is 27.7 Å². The highest BCUT2D eigenvalue weighted by Gasteiger charge is 2.08. The second-order valence-electron chi connectivity index (χ2n) is 4.09. The van der Waals surface area contributed by atoms with Crippen molar-refractivity contribution < 1.29 is 9.16 Å². The molecular weight excluding hydrogens is 180 g/mol. The van der Waals surface area contributed by atoms with Gasteiger partial charge in [-0.05, 0) is 33.7 Å². The molecule has 0 unspecified atom stereocenters. The molecule has 0 saturated carbocycles. The summed E-state index contributed by atoms with van der Waals surface area (Å²) in [6, 6.07) is 0.968. The van der Waals surface area contributed by atoms with E-state index in [9.17, 15) is 0 Å². The van der Waals surface area contributed by atoms with Crippen molar-refractivity contribution in [3.63, 3.8) is 0 Å². The van der Waals surface area contributed by atoms with E-state index in [1.54, 1.807) is 0 Å². The molecule has 0 aromatic rings. The van der Waals surface area contributed by atoms with Crippen molar-refractivity contribution in [2.75, 3.05) is 13.2 Å². The Morgan fingerprint density at radius 3 is 2.38 bits per heavy atom. The van der Waals surface area contributed by atoms with Crippen LogP contribution in [0, 0.1) is 0 Å². The van der Waals surface area contributed by atoms with Crippen LogP contribution in [0.5, 0.6) is 0 Å². The highest BCUT2D eigenvalue weighted by molar-refractivity contribution is 6.28. The Morgan fingerprint density at radius 2 is 1.92 bits per heavy atom. The van der Waals surface area contributed by atoms with Crippen molar-refractivity contribution in [2.45, 2.75) is 39.3 Å². The van der Waals surface area contributed by atoms with E-state index in [0.29, 0.717) is 23.0 Å². The van der Waals surface area contributed by atoms with E-state index in [1.807, 2.05) is 27.7 Å². The molecule has 0 aromatic carbocycles. The average Bonchev–Trinajstić information content (AvgIpc) is 1.93. The van der Waals surface area contributed by atoms with Gasteiger partial charge in [0, 0.05) is 0 Å². The molecule has 0 spiro atoms. The van der Waals surface area contributed by atoms with Gasteiger partial charge in [-0.1, -0.05) is 5.57 Å². The van der Waals surface area contributed by atoms with E-state index in [2.05, 4.69) is 6.58 Å². The summed E-state index contributed by atoms with van der Waals surface area (Å²) < 4.78 is 10.9. The molecule has 0 aliphatic heterocycles. The molecule has 0 aliphatic carbocycles. The Balaban J connectivity index is 3.13. The van der Waals surface area contributed by atoms with Gasteiger partial charge in [0.15, 0.2) is 0 Å². The Morgan fingerprint density at radius 1 is 1.31 bits per heavy atom. The summed E-state index contributed by atoms with van der Waals surface area (Å²) in [6.07, 6.45) is 0. The number of ether oxygens (including phenoxy) is 1. The van der Waals surface area contributed by atoms with Crippen LogP contribution in [0.2, 0.25) is 6.04 Å². The second kappa shape index (κ2) is 6.35. The van der Waals surface area contributed by atoms with E-state index in [1.165, 1.54) is 5.57 Å². The zero-order chi connectivity index (χ0) is 10.3.